The first-order valence-electron chi connectivity index (χ1n) is 4.39. The van der Waals surface area contributed by atoms with Crippen molar-refractivity contribution in [3.63, 3.8) is 0 Å². The molecule has 0 aromatic rings. The molecule has 1 aliphatic heterocycles. The van der Waals surface area contributed by atoms with Crippen LogP contribution in [0, 0.1) is 11.8 Å². The summed E-state index contributed by atoms with van der Waals surface area (Å²) in [6.45, 7) is 4.46. The van der Waals surface area contributed by atoms with Crippen LogP contribution in [-0.4, -0.2) is 24.8 Å². The molecule has 0 aromatic carbocycles. The molecule has 3 unspecified atom stereocenters. The van der Waals surface area contributed by atoms with E-state index in [2.05, 4.69) is 0 Å². The van der Waals surface area contributed by atoms with Crippen molar-refractivity contribution in [2.45, 2.75) is 32.2 Å². The monoisotopic (exact) mass is 170 g/mol. The van der Waals surface area contributed by atoms with Crippen LogP contribution in [0.5, 0.6) is 0 Å². The second-order valence-corrected chi connectivity index (χ2v) is 4.07. The predicted octanol–water partition coefficient (Wildman–Crippen LogP) is 0.973. The van der Waals surface area contributed by atoms with E-state index in [1.54, 1.807) is 0 Å². The van der Waals surface area contributed by atoms with E-state index in [1.165, 1.54) is 0 Å². The highest BCUT2D eigenvalue weighted by atomic mass is 16.7. The Morgan fingerprint density at radius 2 is 2.25 bits per heavy atom. The highest BCUT2D eigenvalue weighted by Crippen LogP contribution is 2.44. The number of hydrogen-bond acceptors (Lipinski definition) is 3. The average molecular weight is 170 g/mol. The molecule has 0 bridgehead atoms. The summed E-state index contributed by atoms with van der Waals surface area (Å²) < 4.78 is 11.0. The highest BCUT2D eigenvalue weighted by Gasteiger charge is 2.48. The summed E-state index contributed by atoms with van der Waals surface area (Å²) in [5, 5.41) is 0. The van der Waals surface area contributed by atoms with Crippen LogP contribution in [0.15, 0.2) is 0 Å². The van der Waals surface area contributed by atoms with Crippen molar-refractivity contribution < 1.29 is 14.3 Å². The third-order valence-corrected chi connectivity index (χ3v) is 2.57. The Balaban J connectivity index is 1.89. The van der Waals surface area contributed by atoms with E-state index in [4.69, 9.17) is 9.47 Å². The molecule has 1 aliphatic carbocycles. The van der Waals surface area contributed by atoms with Crippen molar-refractivity contribution in [3.05, 3.63) is 0 Å². The van der Waals surface area contributed by atoms with Crippen molar-refractivity contribution in [2.75, 3.05) is 6.61 Å². The molecule has 0 spiro atoms. The molecule has 3 heteroatoms. The first-order valence-corrected chi connectivity index (χ1v) is 4.39. The molecule has 2 aliphatic rings. The van der Waals surface area contributed by atoms with Crippen LogP contribution in [-0.2, 0) is 14.3 Å². The van der Waals surface area contributed by atoms with Gasteiger partial charge in [0.25, 0.3) is 0 Å². The smallest absolute Gasteiger partial charge is 0.163 e. The van der Waals surface area contributed by atoms with Crippen molar-refractivity contribution >= 4 is 6.29 Å². The lowest BCUT2D eigenvalue weighted by Gasteiger charge is -2.16. The number of rotatable bonds is 2. The van der Waals surface area contributed by atoms with E-state index in [1.807, 2.05) is 13.8 Å². The second-order valence-electron chi connectivity index (χ2n) is 4.07. The number of carbonyl (C=O) groups excluding carboxylic acids is 1. The number of carbonyl (C=O) groups is 1. The van der Waals surface area contributed by atoms with Gasteiger partial charge in [-0.2, -0.15) is 0 Å². The van der Waals surface area contributed by atoms with Gasteiger partial charge in [0, 0.05) is 5.92 Å². The minimum Gasteiger partial charge on any atom is -0.348 e. The number of ether oxygens (including phenoxy) is 2. The molecule has 0 radical (unpaired) electrons. The van der Waals surface area contributed by atoms with Gasteiger partial charge in [-0.15, -0.1) is 0 Å². The lowest BCUT2D eigenvalue weighted by Crippen LogP contribution is -2.22. The molecule has 1 heterocycles. The molecule has 1 saturated heterocycles. The van der Waals surface area contributed by atoms with Crippen LogP contribution in [0.1, 0.15) is 20.3 Å². The maximum atomic E-state index is 10.4. The number of aldehydes is 1. The fourth-order valence-corrected chi connectivity index (χ4v) is 1.75. The van der Waals surface area contributed by atoms with Gasteiger partial charge in [-0.3, -0.25) is 0 Å². The Bertz CT molecular complexity index is 200. The third-order valence-electron chi connectivity index (χ3n) is 2.57. The summed E-state index contributed by atoms with van der Waals surface area (Å²) in [5.41, 5.74) is 0. The van der Waals surface area contributed by atoms with Crippen molar-refractivity contribution in [1.82, 2.24) is 0 Å². The van der Waals surface area contributed by atoms with E-state index in [0.717, 1.165) is 12.7 Å². The van der Waals surface area contributed by atoms with Gasteiger partial charge in [0.15, 0.2) is 5.79 Å². The van der Waals surface area contributed by atoms with Crippen molar-refractivity contribution in [1.29, 1.82) is 0 Å². The molecular formula is C9H14O3. The Hall–Kier alpha value is -0.410. The van der Waals surface area contributed by atoms with Gasteiger partial charge >= 0.3 is 0 Å². The molecule has 68 valence electrons. The zero-order valence-electron chi connectivity index (χ0n) is 7.45. The molecule has 12 heavy (non-hydrogen) atoms. The fourth-order valence-electron chi connectivity index (χ4n) is 1.75. The van der Waals surface area contributed by atoms with Gasteiger partial charge in [-0.25, -0.2) is 0 Å². The largest absolute Gasteiger partial charge is 0.348 e. The van der Waals surface area contributed by atoms with Crippen molar-refractivity contribution in [2.24, 2.45) is 11.8 Å². The Labute approximate surface area is 72.0 Å². The summed E-state index contributed by atoms with van der Waals surface area (Å²) in [7, 11) is 0. The van der Waals surface area contributed by atoms with E-state index in [0.29, 0.717) is 12.5 Å². The Morgan fingerprint density at radius 1 is 1.50 bits per heavy atom. The maximum Gasteiger partial charge on any atom is 0.163 e. The van der Waals surface area contributed by atoms with Crippen LogP contribution in [0.2, 0.25) is 0 Å². The van der Waals surface area contributed by atoms with E-state index >= 15 is 0 Å². The minimum absolute atomic E-state index is 0.148. The molecule has 3 nitrogen and oxygen atoms in total. The lowest BCUT2D eigenvalue weighted by molar-refractivity contribution is -0.141. The Kier molecular flexibility index (Phi) is 1.73. The van der Waals surface area contributed by atoms with Gasteiger partial charge in [0.05, 0.1) is 12.7 Å². The molecule has 3 atom stereocenters. The van der Waals surface area contributed by atoms with Gasteiger partial charge in [-0.05, 0) is 26.2 Å². The molecular weight excluding hydrogens is 156 g/mol. The summed E-state index contributed by atoms with van der Waals surface area (Å²) in [5.74, 6) is 0.206. The lowest BCUT2D eigenvalue weighted by atomic mass is 10.2. The quantitative estimate of drug-likeness (QED) is 0.579. The highest BCUT2D eigenvalue weighted by molar-refractivity contribution is 5.58. The van der Waals surface area contributed by atoms with Gasteiger partial charge < -0.3 is 14.3 Å². The zero-order chi connectivity index (χ0) is 8.77. The summed E-state index contributed by atoms with van der Waals surface area (Å²) in [6, 6.07) is 0. The molecule has 0 amide bonds. The van der Waals surface area contributed by atoms with Crippen LogP contribution < -0.4 is 0 Å². The van der Waals surface area contributed by atoms with Crippen LogP contribution >= 0.6 is 0 Å². The summed E-state index contributed by atoms with van der Waals surface area (Å²) >= 11 is 0. The van der Waals surface area contributed by atoms with Gasteiger partial charge in [0.2, 0.25) is 0 Å². The standard InChI is InChI=1S/C9H14O3/c1-9(2)11-5-8(12-9)7-3-6(7)4-10/h4,6-8H,3,5H2,1-2H3. The van der Waals surface area contributed by atoms with Crippen LogP contribution in [0.25, 0.3) is 0 Å². The number of hydrogen-bond donors (Lipinski definition) is 0. The van der Waals surface area contributed by atoms with Crippen LogP contribution in [0.3, 0.4) is 0 Å². The summed E-state index contributed by atoms with van der Waals surface area (Å²) in [6.07, 6.45) is 2.16. The molecule has 0 N–H and O–H groups in total. The van der Waals surface area contributed by atoms with E-state index in [-0.39, 0.29) is 12.0 Å². The topological polar surface area (TPSA) is 35.5 Å². The van der Waals surface area contributed by atoms with Crippen molar-refractivity contribution in [3.8, 4) is 0 Å². The summed E-state index contributed by atoms with van der Waals surface area (Å²) in [4.78, 5) is 10.4. The maximum absolute atomic E-state index is 10.4. The normalized spacial score (nSPS) is 44.3. The molecule has 2 fully saturated rings. The predicted molar refractivity (Wildman–Crippen MR) is 42.6 cm³/mol. The molecule has 2 rings (SSSR count). The average Bonchev–Trinajstić information content (AvgIpc) is 2.70. The molecule has 0 aromatic heterocycles. The van der Waals surface area contributed by atoms with E-state index in [9.17, 15) is 4.79 Å². The van der Waals surface area contributed by atoms with Gasteiger partial charge in [0.1, 0.15) is 6.29 Å². The third kappa shape index (κ3) is 1.39. The van der Waals surface area contributed by atoms with Gasteiger partial charge in [-0.1, -0.05) is 0 Å². The first kappa shape index (κ1) is 8.20. The second kappa shape index (κ2) is 2.54. The van der Waals surface area contributed by atoms with E-state index < -0.39 is 5.79 Å². The first-order chi connectivity index (χ1) is 5.62. The Morgan fingerprint density at radius 3 is 2.67 bits per heavy atom. The SMILES string of the molecule is CC1(C)OCC(C2CC2C=O)O1. The van der Waals surface area contributed by atoms with Crippen LogP contribution in [0.4, 0.5) is 0 Å². The molecule has 1 saturated carbocycles. The minimum atomic E-state index is -0.444. The zero-order valence-corrected chi connectivity index (χ0v) is 7.45. The fraction of sp³-hybridized carbons (Fsp3) is 0.889.